The number of alkyl halides is 3. The van der Waals surface area contributed by atoms with Crippen molar-refractivity contribution >= 4 is 5.91 Å². The van der Waals surface area contributed by atoms with E-state index in [0.717, 1.165) is 29.7 Å². The second-order valence-electron chi connectivity index (χ2n) is 7.44. The lowest BCUT2D eigenvalue weighted by molar-refractivity contribution is -0.137. The van der Waals surface area contributed by atoms with Gasteiger partial charge in [0.05, 0.1) is 11.3 Å². The number of carbonyl (C=O) groups excluding carboxylic acids is 1. The fourth-order valence-corrected chi connectivity index (χ4v) is 3.55. The van der Waals surface area contributed by atoms with Crippen LogP contribution < -0.4 is 5.43 Å². The molecular formula is C20H23F3N4O2. The maximum atomic E-state index is 13.4. The first-order valence-corrected chi connectivity index (χ1v) is 9.33. The summed E-state index contributed by atoms with van der Waals surface area (Å²) in [7, 11) is 3.84. The van der Waals surface area contributed by atoms with Gasteiger partial charge in [0.2, 0.25) is 5.43 Å². The van der Waals surface area contributed by atoms with E-state index in [0.29, 0.717) is 13.1 Å². The molecular weight excluding hydrogens is 385 g/mol. The number of rotatable bonds is 3. The fraction of sp³-hybridized carbons (Fsp3) is 0.450. The fourth-order valence-electron chi connectivity index (χ4n) is 3.55. The molecule has 1 aromatic carbocycles. The largest absolute Gasteiger partial charge is 0.418 e. The number of amides is 1. The zero-order chi connectivity index (χ0) is 21.3. The molecule has 9 heteroatoms. The number of para-hydroxylation sites is 1. The van der Waals surface area contributed by atoms with Gasteiger partial charge in [-0.3, -0.25) is 9.59 Å². The smallest absolute Gasteiger partial charge is 0.336 e. The van der Waals surface area contributed by atoms with Gasteiger partial charge in [-0.25, -0.2) is 4.68 Å². The number of benzene rings is 1. The number of halogens is 3. The lowest BCUT2D eigenvalue weighted by Gasteiger charge is -2.35. The third kappa shape index (κ3) is 4.34. The number of hydrogen-bond acceptors (Lipinski definition) is 4. The SMILES string of the molecule is Cc1cc(=O)c(C(=O)N2CCC[C@H](N(C)C)C2)nn1-c1ccccc1C(F)(F)F. The van der Waals surface area contributed by atoms with Crippen LogP contribution in [-0.2, 0) is 6.18 Å². The zero-order valence-electron chi connectivity index (χ0n) is 16.5. The van der Waals surface area contributed by atoms with Crippen molar-refractivity contribution in [1.82, 2.24) is 19.6 Å². The number of hydrogen-bond donors (Lipinski definition) is 0. The number of piperidine rings is 1. The van der Waals surface area contributed by atoms with Gasteiger partial charge in [-0.05, 0) is 46.0 Å². The Bertz CT molecular complexity index is 969. The second-order valence-corrected chi connectivity index (χ2v) is 7.44. The Morgan fingerprint density at radius 1 is 1.24 bits per heavy atom. The molecule has 0 N–H and O–H groups in total. The summed E-state index contributed by atoms with van der Waals surface area (Å²) in [6.45, 7) is 2.41. The first kappa shape index (κ1) is 21.0. The van der Waals surface area contributed by atoms with Crippen LogP contribution in [0.3, 0.4) is 0 Å². The van der Waals surface area contributed by atoms with Crippen molar-refractivity contribution in [3.8, 4) is 5.69 Å². The molecule has 0 bridgehead atoms. The monoisotopic (exact) mass is 408 g/mol. The Morgan fingerprint density at radius 3 is 2.59 bits per heavy atom. The highest BCUT2D eigenvalue weighted by atomic mass is 19.4. The summed E-state index contributed by atoms with van der Waals surface area (Å²) in [5, 5.41) is 4.06. The first-order chi connectivity index (χ1) is 13.6. The van der Waals surface area contributed by atoms with Crippen LogP contribution in [0.2, 0.25) is 0 Å². The van der Waals surface area contributed by atoms with Crippen molar-refractivity contribution in [2.45, 2.75) is 32.0 Å². The first-order valence-electron chi connectivity index (χ1n) is 9.33. The molecule has 1 aromatic heterocycles. The van der Waals surface area contributed by atoms with Crippen LogP contribution >= 0.6 is 0 Å². The van der Waals surface area contributed by atoms with Gasteiger partial charge >= 0.3 is 6.18 Å². The van der Waals surface area contributed by atoms with Crippen LogP contribution in [0.1, 0.15) is 34.6 Å². The molecule has 1 aliphatic rings. The van der Waals surface area contributed by atoms with Gasteiger partial charge in [-0.15, -0.1) is 0 Å². The molecule has 0 aliphatic carbocycles. The van der Waals surface area contributed by atoms with Crippen LogP contribution in [0.4, 0.5) is 13.2 Å². The van der Waals surface area contributed by atoms with E-state index >= 15 is 0 Å². The van der Waals surface area contributed by atoms with Gasteiger partial charge in [0, 0.05) is 30.9 Å². The molecule has 2 aromatic rings. The maximum absolute atomic E-state index is 13.4. The molecule has 0 spiro atoms. The Kier molecular flexibility index (Phi) is 5.79. The van der Waals surface area contributed by atoms with Gasteiger partial charge in [0.25, 0.3) is 5.91 Å². The minimum atomic E-state index is -4.59. The average Bonchev–Trinajstić information content (AvgIpc) is 2.67. The van der Waals surface area contributed by atoms with Crippen LogP contribution in [0, 0.1) is 6.92 Å². The quantitative estimate of drug-likeness (QED) is 0.784. The Morgan fingerprint density at radius 2 is 1.93 bits per heavy atom. The molecule has 1 aliphatic heterocycles. The van der Waals surface area contributed by atoms with Gasteiger partial charge < -0.3 is 9.80 Å². The molecule has 29 heavy (non-hydrogen) atoms. The molecule has 0 radical (unpaired) electrons. The predicted molar refractivity (Wildman–Crippen MR) is 102 cm³/mol. The number of carbonyl (C=O) groups is 1. The van der Waals surface area contributed by atoms with Crippen LogP contribution in [0.15, 0.2) is 35.1 Å². The molecule has 3 rings (SSSR count). The van der Waals surface area contributed by atoms with Gasteiger partial charge in [0.15, 0.2) is 5.69 Å². The van der Waals surface area contributed by atoms with Crippen molar-refractivity contribution in [2.24, 2.45) is 0 Å². The lowest BCUT2D eigenvalue weighted by atomic mass is 10.0. The third-order valence-corrected chi connectivity index (χ3v) is 5.16. The van der Waals surface area contributed by atoms with E-state index < -0.39 is 23.1 Å². The number of aromatic nitrogens is 2. The van der Waals surface area contributed by atoms with Gasteiger partial charge in [0.1, 0.15) is 0 Å². The minimum absolute atomic E-state index is 0.159. The van der Waals surface area contributed by atoms with Crippen molar-refractivity contribution in [3.63, 3.8) is 0 Å². The van der Waals surface area contributed by atoms with E-state index in [1.807, 2.05) is 19.0 Å². The van der Waals surface area contributed by atoms with Crippen molar-refractivity contribution in [1.29, 1.82) is 0 Å². The number of likely N-dealkylation sites (tertiary alicyclic amines) is 1. The average molecular weight is 408 g/mol. The molecule has 6 nitrogen and oxygen atoms in total. The normalized spacial score (nSPS) is 17.6. The summed E-state index contributed by atoms with van der Waals surface area (Å²) in [6.07, 6.45) is -2.88. The highest BCUT2D eigenvalue weighted by Crippen LogP contribution is 2.33. The maximum Gasteiger partial charge on any atom is 0.418 e. The Labute approximate surface area is 166 Å². The summed E-state index contributed by atoms with van der Waals surface area (Å²) < 4.78 is 41.3. The summed E-state index contributed by atoms with van der Waals surface area (Å²) in [5.41, 5.74) is -1.86. The highest BCUT2D eigenvalue weighted by molar-refractivity contribution is 5.92. The van der Waals surface area contributed by atoms with E-state index in [4.69, 9.17) is 0 Å². The van der Waals surface area contributed by atoms with E-state index in [1.165, 1.54) is 25.1 Å². The third-order valence-electron chi connectivity index (χ3n) is 5.16. The van der Waals surface area contributed by atoms with E-state index in [2.05, 4.69) is 5.10 Å². The molecule has 1 fully saturated rings. The summed E-state index contributed by atoms with van der Waals surface area (Å²) in [6, 6.07) is 6.27. The molecule has 0 saturated carbocycles. The molecule has 1 amide bonds. The lowest BCUT2D eigenvalue weighted by Crippen LogP contribution is -2.48. The molecule has 2 heterocycles. The molecule has 0 unspecified atom stereocenters. The topological polar surface area (TPSA) is 58.4 Å². The van der Waals surface area contributed by atoms with Crippen LogP contribution in [-0.4, -0.2) is 58.7 Å². The van der Waals surface area contributed by atoms with Crippen molar-refractivity contribution < 1.29 is 18.0 Å². The summed E-state index contributed by atoms with van der Waals surface area (Å²) in [5.74, 6) is -0.556. The predicted octanol–water partition coefficient (Wildman–Crippen LogP) is 2.73. The summed E-state index contributed by atoms with van der Waals surface area (Å²) >= 11 is 0. The zero-order valence-corrected chi connectivity index (χ0v) is 16.5. The number of aryl methyl sites for hydroxylation is 1. The van der Waals surface area contributed by atoms with Crippen LogP contribution in [0.5, 0.6) is 0 Å². The van der Waals surface area contributed by atoms with Crippen LogP contribution in [0.25, 0.3) is 5.69 Å². The molecule has 1 saturated heterocycles. The Balaban J connectivity index is 2.04. The molecule has 156 valence electrons. The van der Waals surface area contributed by atoms with E-state index in [1.54, 1.807) is 4.90 Å². The van der Waals surface area contributed by atoms with Crippen molar-refractivity contribution in [3.05, 3.63) is 57.5 Å². The van der Waals surface area contributed by atoms with Gasteiger partial charge in [-0.2, -0.15) is 18.3 Å². The van der Waals surface area contributed by atoms with E-state index in [9.17, 15) is 22.8 Å². The Hall–Kier alpha value is -2.68. The highest BCUT2D eigenvalue weighted by Gasteiger charge is 2.34. The second kappa shape index (κ2) is 7.98. The minimum Gasteiger partial charge on any atom is -0.336 e. The summed E-state index contributed by atoms with van der Waals surface area (Å²) in [4.78, 5) is 29.0. The standard InChI is InChI=1S/C20H23F3N4O2/c1-13-11-17(28)18(19(29)26-10-6-7-14(12-26)25(2)3)24-27(13)16-9-5-4-8-15(16)20(21,22)23/h4-5,8-9,11,14H,6-7,10,12H2,1-3H3/t14-/m0/s1. The van der Waals surface area contributed by atoms with Crippen molar-refractivity contribution in [2.75, 3.05) is 27.2 Å². The number of nitrogens with zero attached hydrogens (tertiary/aromatic N) is 4. The molecule has 1 atom stereocenters. The van der Waals surface area contributed by atoms with E-state index in [-0.39, 0.29) is 23.1 Å². The number of likely N-dealkylation sites (N-methyl/N-ethyl adjacent to an activating group) is 1. The van der Waals surface area contributed by atoms with Gasteiger partial charge in [-0.1, -0.05) is 12.1 Å².